The third-order valence-corrected chi connectivity index (χ3v) is 2.41. The van der Waals surface area contributed by atoms with Gasteiger partial charge in [0.15, 0.2) is 0 Å². The lowest BCUT2D eigenvalue weighted by Gasteiger charge is -2.43. The van der Waals surface area contributed by atoms with Crippen LogP contribution in [0, 0.1) is 5.92 Å². The highest BCUT2D eigenvalue weighted by atomic mass is 19.1. The summed E-state index contributed by atoms with van der Waals surface area (Å²) in [5, 5.41) is 1.46. The minimum atomic E-state index is -0.409. The predicted molar refractivity (Wildman–Crippen MR) is 47.7 cm³/mol. The fourth-order valence-electron chi connectivity index (χ4n) is 1.58. The van der Waals surface area contributed by atoms with Crippen molar-refractivity contribution >= 4 is 0 Å². The molecule has 1 heterocycles. The van der Waals surface area contributed by atoms with Crippen LogP contribution < -0.4 is 5.84 Å². The molecule has 0 aromatic heterocycles. The van der Waals surface area contributed by atoms with Gasteiger partial charge >= 0.3 is 0 Å². The van der Waals surface area contributed by atoms with Crippen LogP contribution in [0.5, 0.6) is 0 Å². The lowest BCUT2D eigenvalue weighted by Crippen LogP contribution is -2.69. The first-order chi connectivity index (χ1) is 6.09. The highest BCUT2D eigenvalue weighted by molar-refractivity contribution is 4.61. The third kappa shape index (κ3) is 2.87. The standard InChI is InChI=1S/C8H19FN3O/c1-3-8-6-12(10,7-8)13-11(2)5-4-9/h8H,3-7,10H2,1-2H3/q+1. The number of hydroxylamine groups is 4. The molecule has 0 aromatic rings. The van der Waals surface area contributed by atoms with E-state index in [2.05, 4.69) is 6.92 Å². The van der Waals surface area contributed by atoms with E-state index >= 15 is 0 Å². The van der Waals surface area contributed by atoms with E-state index in [-0.39, 0.29) is 11.3 Å². The Bertz CT molecular complexity index is 161. The number of alkyl halides is 1. The monoisotopic (exact) mass is 192 g/mol. The van der Waals surface area contributed by atoms with Gasteiger partial charge in [0.25, 0.3) is 0 Å². The molecule has 13 heavy (non-hydrogen) atoms. The fourth-order valence-corrected chi connectivity index (χ4v) is 1.58. The normalized spacial score (nSPS) is 33.5. The van der Waals surface area contributed by atoms with Crippen molar-refractivity contribution in [3.05, 3.63) is 0 Å². The summed E-state index contributed by atoms with van der Waals surface area (Å²) in [5.41, 5.74) is 0. The molecule has 0 amide bonds. The fraction of sp³-hybridized carbons (Fsp3) is 1.00. The molecule has 0 spiro atoms. The molecular weight excluding hydrogens is 173 g/mol. The summed E-state index contributed by atoms with van der Waals surface area (Å²) in [6.07, 6.45) is 1.13. The minimum Gasteiger partial charge on any atom is -0.250 e. The first-order valence-corrected chi connectivity index (χ1v) is 4.72. The minimum absolute atomic E-state index is 0.106. The van der Waals surface area contributed by atoms with Crippen molar-refractivity contribution in [1.82, 2.24) is 5.06 Å². The van der Waals surface area contributed by atoms with Gasteiger partial charge < -0.3 is 0 Å². The van der Waals surface area contributed by atoms with E-state index < -0.39 is 6.67 Å². The molecule has 0 unspecified atom stereocenters. The van der Waals surface area contributed by atoms with Crippen molar-refractivity contribution in [2.24, 2.45) is 11.8 Å². The zero-order chi connectivity index (χ0) is 9.90. The van der Waals surface area contributed by atoms with Crippen LogP contribution in [-0.2, 0) is 4.94 Å². The van der Waals surface area contributed by atoms with E-state index in [4.69, 9.17) is 10.8 Å². The quantitative estimate of drug-likeness (QED) is 0.391. The molecule has 1 saturated heterocycles. The highest BCUT2D eigenvalue weighted by Gasteiger charge is 2.44. The van der Waals surface area contributed by atoms with Crippen molar-refractivity contribution < 1.29 is 14.1 Å². The number of hydrogen-bond donors (Lipinski definition) is 1. The molecule has 1 fully saturated rings. The van der Waals surface area contributed by atoms with E-state index in [1.165, 1.54) is 5.06 Å². The Morgan fingerprint density at radius 1 is 1.62 bits per heavy atom. The van der Waals surface area contributed by atoms with Crippen LogP contribution in [0.2, 0.25) is 0 Å². The summed E-state index contributed by atoms with van der Waals surface area (Å²) in [4.78, 5) is 5.35. The molecule has 0 aromatic carbocycles. The molecule has 1 rings (SSSR count). The number of nitrogens with two attached hydrogens (primary N) is 1. The van der Waals surface area contributed by atoms with E-state index in [1.54, 1.807) is 7.05 Å². The Hall–Kier alpha value is -0.230. The largest absolute Gasteiger partial charge is 0.250 e. The zero-order valence-electron chi connectivity index (χ0n) is 8.37. The summed E-state index contributed by atoms with van der Waals surface area (Å²) < 4.78 is 12.0. The van der Waals surface area contributed by atoms with Gasteiger partial charge in [0.05, 0.1) is 12.5 Å². The molecule has 4 nitrogen and oxygen atoms in total. The van der Waals surface area contributed by atoms with E-state index in [9.17, 15) is 4.39 Å². The van der Waals surface area contributed by atoms with Gasteiger partial charge in [-0.1, -0.05) is 16.6 Å². The van der Waals surface area contributed by atoms with Crippen molar-refractivity contribution in [2.45, 2.75) is 13.3 Å². The lowest BCUT2D eigenvalue weighted by molar-refractivity contribution is -1.17. The second-order valence-electron chi connectivity index (χ2n) is 3.71. The maximum absolute atomic E-state index is 11.9. The summed E-state index contributed by atoms with van der Waals surface area (Å²) in [7, 11) is 1.70. The average molecular weight is 192 g/mol. The van der Waals surface area contributed by atoms with Gasteiger partial charge in [-0.25, -0.2) is 4.39 Å². The topological polar surface area (TPSA) is 38.5 Å². The molecule has 78 valence electrons. The highest BCUT2D eigenvalue weighted by Crippen LogP contribution is 2.24. The van der Waals surface area contributed by atoms with Crippen molar-refractivity contribution in [3.63, 3.8) is 0 Å². The van der Waals surface area contributed by atoms with E-state index in [0.29, 0.717) is 5.92 Å². The van der Waals surface area contributed by atoms with Gasteiger partial charge in [-0.2, -0.15) is 0 Å². The summed E-state index contributed by atoms with van der Waals surface area (Å²) in [5.74, 6) is 6.51. The van der Waals surface area contributed by atoms with Gasteiger partial charge in [0, 0.05) is 7.05 Å². The Labute approximate surface area is 78.5 Å². The second kappa shape index (κ2) is 4.32. The Morgan fingerprint density at radius 3 is 2.69 bits per heavy atom. The van der Waals surface area contributed by atoms with Gasteiger partial charge in [-0.15, -0.1) is 10.9 Å². The van der Waals surface area contributed by atoms with Crippen LogP contribution in [0.3, 0.4) is 0 Å². The van der Waals surface area contributed by atoms with E-state index in [1.807, 2.05) is 0 Å². The molecule has 0 saturated carbocycles. The Morgan fingerprint density at radius 2 is 2.23 bits per heavy atom. The molecule has 0 bridgehead atoms. The number of hydrogen-bond acceptors (Lipinski definition) is 3. The van der Waals surface area contributed by atoms with Gasteiger partial charge in [-0.3, -0.25) is 0 Å². The summed E-state index contributed by atoms with van der Waals surface area (Å²) >= 11 is 0. The first-order valence-electron chi connectivity index (χ1n) is 4.72. The maximum atomic E-state index is 11.9. The summed E-state index contributed by atoms with van der Waals surface area (Å²) in [6.45, 7) is 3.65. The predicted octanol–water partition coefficient (Wildman–Crippen LogP) is 0.465. The van der Waals surface area contributed by atoms with Crippen LogP contribution in [0.1, 0.15) is 13.3 Å². The van der Waals surface area contributed by atoms with Crippen molar-refractivity contribution in [3.8, 4) is 0 Å². The zero-order valence-corrected chi connectivity index (χ0v) is 8.37. The van der Waals surface area contributed by atoms with Crippen LogP contribution in [0.15, 0.2) is 0 Å². The van der Waals surface area contributed by atoms with Crippen LogP contribution in [-0.4, -0.2) is 43.2 Å². The van der Waals surface area contributed by atoms with Gasteiger partial charge in [0.2, 0.25) is 0 Å². The first kappa shape index (κ1) is 10.8. The molecule has 2 N–H and O–H groups in total. The lowest BCUT2D eigenvalue weighted by atomic mass is 9.99. The Kier molecular flexibility index (Phi) is 3.61. The molecule has 5 heteroatoms. The van der Waals surface area contributed by atoms with Gasteiger partial charge in [-0.05, 0) is 6.42 Å². The van der Waals surface area contributed by atoms with Gasteiger partial charge in [0.1, 0.15) is 19.8 Å². The number of halogens is 1. The Balaban J connectivity index is 2.22. The maximum Gasteiger partial charge on any atom is 0.139 e. The number of rotatable bonds is 5. The summed E-state index contributed by atoms with van der Waals surface area (Å²) in [6, 6.07) is 0. The smallest absolute Gasteiger partial charge is 0.139 e. The van der Waals surface area contributed by atoms with Crippen molar-refractivity contribution in [1.29, 1.82) is 0 Å². The van der Waals surface area contributed by atoms with Crippen LogP contribution >= 0.6 is 0 Å². The molecule has 0 radical (unpaired) electrons. The average Bonchev–Trinajstić information content (AvgIpc) is 2.00. The molecule has 1 aliphatic heterocycles. The number of quaternary nitrogens is 1. The third-order valence-electron chi connectivity index (χ3n) is 2.41. The molecule has 0 atom stereocenters. The van der Waals surface area contributed by atoms with Crippen molar-refractivity contribution in [2.75, 3.05) is 33.4 Å². The SMILES string of the molecule is CCC1C[N+](N)(ON(C)CCF)C1. The molecular formula is C8H19FN3O+. The number of nitrogens with zero attached hydrogens (tertiary/aromatic N) is 2. The molecule has 1 aliphatic rings. The molecule has 0 aliphatic carbocycles. The van der Waals surface area contributed by atoms with Crippen LogP contribution in [0.25, 0.3) is 0 Å². The second-order valence-corrected chi connectivity index (χ2v) is 3.71. The van der Waals surface area contributed by atoms with E-state index in [0.717, 1.165) is 19.5 Å². The van der Waals surface area contributed by atoms with Crippen LogP contribution in [0.4, 0.5) is 4.39 Å².